The fourth-order valence-electron chi connectivity index (χ4n) is 1.95. The van der Waals surface area contributed by atoms with Gasteiger partial charge in [0.25, 0.3) is 5.91 Å². The molecule has 1 amide bonds. The highest BCUT2D eigenvalue weighted by molar-refractivity contribution is 7.80. The highest BCUT2D eigenvalue weighted by Crippen LogP contribution is 2.32. The maximum atomic E-state index is 11.7. The van der Waals surface area contributed by atoms with Crippen LogP contribution in [0.3, 0.4) is 0 Å². The molecule has 102 valence electrons. The summed E-state index contributed by atoms with van der Waals surface area (Å²) < 4.78 is 5.48. The molecule has 2 rings (SSSR count). The molecular weight excluding hydrogens is 260 g/mol. The Balaban J connectivity index is 1.87. The van der Waals surface area contributed by atoms with Crippen LogP contribution in [-0.2, 0) is 4.79 Å². The Labute approximate surface area is 118 Å². The Kier molecular flexibility index (Phi) is 4.37. The van der Waals surface area contributed by atoms with Crippen molar-refractivity contribution in [3.05, 3.63) is 29.8 Å². The van der Waals surface area contributed by atoms with E-state index in [1.54, 1.807) is 12.1 Å². The third-order valence-corrected chi connectivity index (χ3v) is 3.45. The van der Waals surface area contributed by atoms with Gasteiger partial charge in [-0.3, -0.25) is 4.79 Å². The second kappa shape index (κ2) is 6.02. The normalized spacial score (nSPS) is 15.6. The number of hydrogen-bond donors (Lipinski definition) is 2. The summed E-state index contributed by atoms with van der Waals surface area (Å²) in [4.78, 5) is 12.0. The van der Waals surface area contributed by atoms with Crippen molar-refractivity contribution in [1.29, 1.82) is 0 Å². The number of thiocarbonyl (C=S) groups is 1. The summed E-state index contributed by atoms with van der Waals surface area (Å²) in [5.41, 5.74) is 6.25. The minimum absolute atomic E-state index is 0.0172. The van der Waals surface area contributed by atoms with E-state index in [4.69, 9.17) is 22.7 Å². The highest BCUT2D eigenvalue weighted by atomic mass is 32.1. The number of hydrogen-bond acceptors (Lipinski definition) is 3. The Hall–Kier alpha value is -1.62. The summed E-state index contributed by atoms with van der Waals surface area (Å²) in [5, 5.41) is 2.93. The highest BCUT2D eigenvalue weighted by Gasteiger charge is 2.28. The fraction of sp³-hybridized carbons (Fsp3) is 0.429. The zero-order valence-corrected chi connectivity index (χ0v) is 11.7. The van der Waals surface area contributed by atoms with Crippen LogP contribution in [0.5, 0.6) is 5.75 Å². The third kappa shape index (κ3) is 3.92. The molecule has 1 fully saturated rings. The summed E-state index contributed by atoms with van der Waals surface area (Å²) in [6.45, 7) is 2.01. The number of ether oxygens (including phenoxy) is 1. The largest absolute Gasteiger partial charge is 0.483 e. The lowest BCUT2D eigenvalue weighted by Crippen LogP contribution is -2.37. The van der Waals surface area contributed by atoms with E-state index < -0.39 is 0 Å². The first-order valence-corrected chi connectivity index (χ1v) is 6.79. The quantitative estimate of drug-likeness (QED) is 0.776. The molecule has 1 aliphatic rings. The molecule has 3 N–H and O–H groups in total. The Morgan fingerprint density at radius 3 is 2.84 bits per heavy atom. The topological polar surface area (TPSA) is 64.3 Å². The van der Waals surface area contributed by atoms with Crippen molar-refractivity contribution in [2.75, 3.05) is 6.61 Å². The van der Waals surface area contributed by atoms with Crippen LogP contribution in [-0.4, -0.2) is 23.5 Å². The molecule has 0 bridgehead atoms. The van der Waals surface area contributed by atoms with Gasteiger partial charge in [-0.25, -0.2) is 0 Å². The number of amides is 1. The monoisotopic (exact) mass is 278 g/mol. The van der Waals surface area contributed by atoms with Gasteiger partial charge >= 0.3 is 0 Å². The summed E-state index contributed by atoms with van der Waals surface area (Å²) in [6, 6.07) is 7.41. The standard InChI is InChI=1S/C14H18N2O2S/c1-9(10-6-7-10)16-13(17)8-18-12-5-3-2-4-11(12)14(15)19/h2-5,9-10H,6-8H2,1H3,(H2,15,19)(H,16,17). The van der Waals surface area contributed by atoms with Gasteiger partial charge in [0, 0.05) is 6.04 Å². The molecule has 1 unspecified atom stereocenters. The number of carbonyl (C=O) groups is 1. The first-order valence-electron chi connectivity index (χ1n) is 6.39. The smallest absolute Gasteiger partial charge is 0.258 e. The van der Waals surface area contributed by atoms with Crippen LogP contribution in [0.1, 0.15) is 25.3 Å². The van der Waals surface area contributed by atoms with Gasteiger partial charge in [-0.2, -0.15) is 0 Å². The summed E-state index contributed by atoms with van der Waals surface area (Å²) >= 11 is 4.94. The minimum atomic E-state index is -0.114. The summed E-state index contributed by atoms with van der Waals surface area (Å²) in [5.74, 6) is 1.06. The number of nitrogens with two attached hydrogens (primary N) is 1. The maximum absolute atomic E-state index is 11.7. The predicted molar refractivity (Wildman–Crippen MR) is 78.2 cm³/mol. The van der Waals surface area contributed by atoms with Crippen molar-refractivity contribution >= 4 is 23.1 Å². The number of para-hydroxylation sites is 1. The van der Waals surface area contributed by atoms with Gasteiger partial charge in [0.15, 0.2) is 6.61 Å². The first-order chi connectivity index (χ1) is 9.08. The van der Waals surface area contributed by atoms with Crippen LogP contribution < -0.4 is 15.8 Å². The van der Waals surface area contributed by atoms with Crippen LogP contribution >= 0.6 is 12.2 Å². The van der Waals surface area contributed by atoms with E-state index in [1.807, 2.05) is 19.1 Å². The molecule has 19 heavy (non-hydrogen) atoms. The van der Waals surface area contributed by atoms with Crippen molar-refractivity contribution in [1.82, 2.24) is 5.32 Å². The van der Waals surface area contributed by atoms with Gasteiger partial charge in [-0.05, 0) is 37.8 Å². The fourth-order valence-corrected chi connectivity index (χ4v) is 2.12. The Bertz CT molecular complexity index is 486. The predicted octanol–water partition coefficient (Wildman–Crippen LogP) is 1.61. The molecule has 0 radical (unpaired) electrons. The molecule has 1 aromatic carbocycles. The zero-order valence-electron chi connectivity index (χ0n) is 10.9. The molecule has 1 aromatic rings. The van der Waals surface area contributed by atoms with Gasteiger partial charge in [-0.15, -0.1) is 0 Å². The van der Waals surface area contributed by atoms with Gasteiger partial charge in [0.2, 0.25) is 0 Å². The van der Waals surface area contributed by atoms with E-state index in [0.717, 1.165) is 0 Å². The number of nitrogens with one attached hydrogen (secondary N) is 1. The van der Waals surface area contributed by atoms with Crippen molar-refractivity contribution in [3.63, 3.8) is 0 Å². The van der Waals surface area contributed by atoms with E-state index in [1.165, 1.54) is 12.8 Å². The first kappa shape index (κ1) is 13.8. The number of rotatable bonds is 6. The lowest BCUT2D eigenvalue weighted by atomic mass is 10.2. The maximum Gasteiger partial charge on any atom is 0.258 e. The van der Waals surface area contributed by atoms with Crippen LogP contribution in [0, 0.1) is 5.92 Å². The van der Waals surface area contributed by atoms with E-state index in [9.17, 15) is 4.79 Å². The average Bonchev–Trinajstić information content (AvgIpc) is 3.20. The van der Waals surface area contributed by atoms with E-state index in [0.29, 0.717) is 17.2 Å². The second-order valence-electron chi connectivity index (χ2n) is 4.84. The van der Waals surface area contributed by atoms with Crippen LogP contribution in [0.2, 0.25) is 0 Å². The molecular formula is C14H18N2O2S. The minimum Gasteiger partial charge on any atom is -0.483 e. The van der Waals surface area contributed by atoms with E-state index in [-0.39, 0.29) is 23.5 Å². The average molecular weight is 278 g/mol. The van der Waals surface area contributed by atoms with Gasteiger partial charge < -0.3 is 15.8 Å². The van der Waals surface area contributed by atoms with Crippen molar-refractivity contribution in [2.45, 2.75) is 25.8 Å². The summed E-state index contributed by atoms with van der Waals surface area (Å²) in [6.07, 6.45) is 2.40. The Morgan fingerprint density at radius 2 is 2.21 bits per heavy atom. The molecule has 1 atom stereocenters. The molecule has 1 aliphatic carbocycles. The zero-order chi connectivity index (χ0) is 13.8. The van der Waals surface area contributed by atoms with Crippen molar-refractivity contribution in [2.24, 2.45) is 11.7 Å². The van der Waals surface area contributed by atoms with E-state index >= 15 is 0 Å². The van der Waals surface area contributed by atoms with E-state index in [2.05, 4.69) is 5.32 Å². The molecule has 0 heterocycles. The van der Waals surface area contributed by atoms with Crippen molar-refractivity contribution < 1.29 is 9.53 Å². The van der Waals surface area contributed by atoms with Crippen LogP contribution in [0.25, 0.3) is 0 Å². The Morgan fingerprint density at radius 1 is 1.53 bits per heavy atom. The molecule has 4 nitrogen and oxygen atoms in total. The SMILES string of the molecule is CC(NC(=O)COc1ccccc1C(N)=S)C1CC1. The van der Waals surface area contributed by atoms with Gasteiger partial charge in [0.1, 0.15) is 10.7 Å². The van der Waals surface area contributed by atoms with Crippen molar-refractivity contribution in [3.8, 4) is 5.75 Å². The van der Waals surface area contributed by atoms with Gasteiger partial charge in [-0.1, -0.05) is 24.4 Å². The lowest BCUT2D eigenvalue weighted by Gasteiger charge is -2.14. The molecule has 0 spiro atoms. The van der Waals surface area contributed by atoms with Gasteiger partial charge in [0.05, 0.1) is 5.56 Å². The molecule has 5 heteroatoms. The summed E-state index contributed by atoms with van der Waals surface area (Å²) in [7, 11) is 0. The lowest BCUT2D eigenvalue weighted by molar-refractivity contribution is -0.123. The van der Waals surface area contributed by atoms with Crippen LogP contribution in [0.4, 0.5) is 0 Å². The number of carbonyl (C=O) groups excluding carboxylic acids is 1. The molecule has 0 aliphatic heterocycles. The second-order valence-corrected chi connectivity index (χ2v) is 5.28. The van der Waals surface area contributed by atoms with Crippen LogP contribution in [0.15, 0.2) is 24.3 Å². The molecule has 1 saturated carbocycles. The molecule has 0 saturated heterocycles. The number of benzene rings is 1. The molecule has 0 aromatic heterocycles. The third-order valence-electron chi connectivity index (χ3n) is 3.23.